The molecule has 0 bridgehead atoms. The Bertz CT molecular complexity index is 486. The summed E-state index contributed by atoms with van der Waals surface area (Å²) >= 11 is 0. The predicted molar refractivity (Wildman–Crippen MR) is 70.6 cm³/mol. The summed E-state index contributed by atoms with van der Waals surface area (Å²) in [6.07, 6.45) is 1.02. The van der Waals surface area contributed by atoms with Crippen LogP contribution in [0.1, 0.15) is 25.8 Å². The van der Waals surface area contributed by atoms with Crippen LogP contribution in [-0.4, -0.2) is 6.54 Å². The van der Waals surface area contributed by atoms with E-state index in [4.69, 9.17) is 5.73 Å². The summed E-state index contributed by atoms with van der Waals surface area (Å²) in [7, 11) is 0. The second-order valence-electron chi connectivity index (χ2n) is 4.98. The Balaban J connectivity index is 2.46. The molecule has 16 heavy (non-hydrogen) atoms. The van der Waals surface area contributed by atoms with Crippen LogP contribution in [0.25, 0.3) is 10.8 Å². The summed E-state index contributed by atoms with van der Waals surface area (Å²) in [5.41, 5.74) is 7.20. The van der Waals surface area contributed by atoms with Gasteiger partial charge in [0, 0.05) is 0 Å². The minimum atomic E-state index is 0.165. The van der Waals surface area contributed by atoms with Crippen molar-refractivity contribution >= 4 is 10.8 Å². The van der Waals surface area contributed by atoms with Gasteiger partial charge < -0.3 is 5.73 Å². The van der Waals surface area contributed by atoms with E-state index in [0.29, 0.717) is 0 Å². The summed E-state index contributed by atoms with van der Waals surface area (Å²) in [6, 6.07) is 15.2. The molecular weight excluding hydrogens is 194 g/mol. The first-order valence-electron chi connectivity index (χ1n) is 5.83. The van der Waals surface area contributed by atoms with Crippen molar-refractivity contribution in [2.45, 2.75) is 25.7 Å². The van der Waals surface area contributed by atoms with E-state index < -0.39 is 0 Å². The zero-order valence-corrected chi connectivity index (χ0v) is 10.0. The zero-order valence-electron chi connectivity index (χ0n) is 10.0. The largest absolute Gasteiger partial charge is 0.330 e. The summed E-state index contributed by atoms with van der Waals surface area (Å²) in [6.45, 7) is 5.24. The Kier molecular flexibility index (Phi) is 2.97. The lowest BCUT2D eigenvalue weighted by atomic mass is 9.81. The highest BCUT2D eigenvalue weighted by molar-refractivity contribution is 5.83. The predicted octanol–water partition coefficient (Wildman–Crippen LogP) is 3.47. The molecule has 0 amide bonds. The molecule has 1 heteroatoms. The van der Waals surface area contributed by atoms with Crippen LogP contribution in [0.15, 0.2) is 42.5 Å². The van der Waals surface area contributed by atoms with E-state index in [9.17, 15) is 0 Å². The van der Waals surface area contributed by atoms with Gasteiger partial charge in [-0.15, -0.1) is 0 Å². The first-order valence-corrected chi connectivity index (χ1v) is 5.83. The number of hydrogen-bond acceptors (Lipinski definition) is 1. The standard InChI is InChI=1S/C15H19N/c1-15(2,9-10-16)14-8-7-12-5-3-4-6-13(12)11-14/h3-8,11H,9-10,16H2,1-2H3. The summed E-state index contributed by atoms with van der Waals surface area (Å²) in [5.74, 6) is 0. The lowest BCUT2D eigenvalue weighted by Crippen LogP contribution is -2.21. The molecule has 0 unspecified atom stereocenters. The van der Waals surface area contributed by atoms with E-state index in [2.05, 4.69) is 56.3 Å². The fraction of sp³-hybridized carbons (Fsp3) is 0.333. The maximum atomic E-state index is 5.66. The van der Waals surface area contributed by atoms with Gasteiger partial charge in [0.15, 0.2) is 0 Å². The Morgan fingerprint density at radius 2 is 1.69 bits per heavy atom. The van der Waals surface area contributed by atoms with Gasteiger partial charge in [0.25, 0.3) is 0 Å². The van der Waals surface area contributed by atoms with Crippen molar-refractivity contribution < 1.29 is 0 Å². The van der Waals surface area contributed by atoms with E-state index in [1.54, 1.807) is 0 Å². The molecule has 2 aromatic rings. The Morgan fingerprint density at radius 3 is 2.38 bits per heavy atom. The van der Waals surface area contributed by atoms with Crippen molar-refractivity contribution in [1.29, 1.82) is 0 Å². The fourth-order valence-corrected chi connectivity index (χ4v) is 2.12. The second-order valence-corrected chi connectivity index (χ2v) is 4.98. The highest BCUT2D eigenvalue weighted by Crippen LogP contribution is 2.29. The molecule has 0 aliphatic heterocycles. The van der Waals surface area contributed by atoms with Gasteiger partial charge in [-0.1, -0.05) is 56.3 Å². The van der Waals surface area contributed by atoms with Gasteiger partial charge in [-0.2, -0.15) is 0 Å². The fourth-order valence-electron chi connectivity index (χ4n) is 2.12. The van der Waals surface area contributed by atoms with Gasteiger partial charge in [-0.05, 0) is 34.7 Å². The Morgan fingerprint density at radius 1 is 1.00 bits per heavy atom. The highest BCUT2D eigenvalue weighted by atomic mass is 14.5. The van der Waals surface area contributed by atoms with Crippen LogP contribution < -0.4 is 5.73 Å². The van der Waals surface area contributed by atoms with Crippen LogP contribution >= 0.6 is 0 Å². The first kappa shape index (κ1) is 11.2. The van der Waals surface area contributed by atoms with E-state index >= 15 is 0 Å². The normalized spacial score (nSPS) is 11.9. The molecule has 0 spiro atoms. The minimum absolute atomic E-state index is 0.165. The number of fused-ring (bicyclic) bond motifs is 1. The van der Waals surface area contributed by atoms with Gasteiger partial charge in [0.1, 0.15) is 0 Å². The summed E-state index contributed by atoms with van der Waals surface area (Å²) in [4.78, 5) is 0. The molecular formula is C15H19N. The Labute approximate surface area is 97.3 Å². The molecule has 0 radical (unpaired) electrons. The topological polar surface area (TPSA) is 26.0 Å². The van der Waals surface area contributed by atoms with Crippen molar-refractivity contribution in [1.82, 2.24) is 0 Å². The quantitative estimate of drug-likeness (QED) is 0.830. The van der Waals surface area contributed by atoms with E-state index in [1.807, 2.05) is 0 Å². The SMILES string of the molecule is CC(C)(CCN)c1ccc2ccccc2c1. The summed E-state index contributed by atoms with van der Waals surface area (Å²) in [5, 5.41) is 2.61. The Hall–Kier alpha value is -1.34. The van der Waals surface area contributed by atoms with Crippen molar-refractivity contribution in [3.05, 3.63) is 48.0 Å². The van der Waals surface area contributed by atoms with E-state index in [0.717, 1.165) is 13.0 Å². The average molecular weight is 213 g/mol. The maximum absolute atomic E-state index is 5.66. The molecule has 0 saturated heterocycles. The van der Waals surface area contributed by atoms with Gasteiger partial charge in [0.2, 0.25) is 0 Å². The number of nitrogens with two attached hydrogens (primary N) is 1. The first-order chi connectivity index (χ1) is 7.63. The maximum Gasteiger partial charge on any atom is -0.00690 e. The van der Waals surface area contributed by atoms with Gasteiger partial charge in [-0.25, -0.2) is 0 Å². The van der Waals surface area contributed by atoms with Crippen molar-refractivity contribution in [3.63, 3.8) is 0 Å². The van der Waals surface area contributed by atoms with Crippen LogP contribution in [0.3, 0.4) is 0 Å². The molecule has 0 aromatic heterocycles. The van der Waals surface area contributed by atoms with Crippen molar-refractivity contribution in [3.8, 4) is 0 Å². The van der Waals surface area contributed by atoms with Crippen LogP contribution in [0, 0.1) is 0 Å². The molecule has 0 saturated carbocycles. The number of hydrogen-bond donors (Lipinski definition) is 1. The summed E-state index contributed by atoms with van der Waals surface area (Å²) < 4.78 is 0. The van der Waals surface area contributed by atoms with Gasteiger partial charge in [0.05, 0.1) is 0 Å². The second kappa shape index (κ2) is 4.26. The van der Waals surface area contributed by atoms with Crippen LogP contribution in [0.5, 0.6) is 0 Å². The third-order valence-electron chi connectivity index (χ3n) is 3.30. The van der Waals surface area contributed by atoms with E-state index in [1.165, 1.54) is 16.3 Å². The molecule has 0 aliphatic rings. The highest BCUT2D eigenvalue weighted by Gasteiger charge is 2.19. The van der Waals surface area contributed by atoms with Crippen molar-refractivity contribution in [2.75, 3.05) is 6.54 Å². The molecule has 0 heterocycles. The molecule has 0 atom stereocenters. The molecule has 1 nitrogen and oxygen atoms in total. The molecule has 2 aromatic carbocycles. The molecule has 0 fully saturated rings. The molecule has 0 aliphatic carbocycles. The van der Waals surface area contributed by atoms with E-state index in [-0.39, 0.29) is 5.41 Å². The minimum Gasteiger partial charge on any atom is -0.330 e. The third kappa shape index (κ3) is 2.10. The zero-order chi connectivity index (χ0) is 11.6. The van der Waals surface area contributed by atoms with Gasteiger partial charge >= 0.3 is 0 Å². The molecule has 2 N–H and O–H groups in total. The monoisotopic (exact) mass is 213 g/mol. The number of rotatable bonds is 3. The van der Waals surface area contributed by atoms with Crippen LogP contribution in [0.4, 0.5) is 0 Å². The molecule has 2 rings (SSSR count). The average Bonchev–Trinajstić information content (AvgIpc) is 2.28. The van der Waals surface area contributed by atoms with Crippen LogP contribution in [-0.2, 0) is 5.41 Å². The van der Waals surface area contributed by atoms with Crippen LogP contribution in [0.2, 0.25) is 0 Å². The van der Waals surface area contributed by atoms with Crippen molar-refractivity contribution in [2.24, 2.45) is 5.73 Å². The lowest BCUT2D eigenvalue weighted by Gasteiger charge is -2.24. The third-order valence-corrected chi connectivity index (χ3v) is 3.30. The smallest absolute Gasteiger partial charge is 0.00690 e. The number of benzene rings is 2. The van der Waals surface area contributed by atoms with Gasteiger partial charge in [-0.3, -0.25) is 0 Å². The lowest BCUT2D eigenvalue weighted by molar-refractivity contribution is 0.488. The molecule has 84 valence electrons.